The molecule has 1 aromatic heterocycles. The van der Waals surface area contributed by atoms with E-state index in [-0.39, 0.29) is 5.56 Å². The third-order valence-corrected chi connectivity index (χ3v) is 4.75. The molecule has 0 saturated heterocycles. The van der Waals surface area contributed by atoms with Crippen LogP contribution in [0.5, 0.6) is 0 Å². The van der Waals surface area contributed by atoms with Gasteiger partial charge < -0.3 is 0 Å². The first-order valence-corrected chi connectivity index (χ1v) is 8.33. The van der Waals surface area contributed by atoms with Gasteiger partial charge in [-0.2, -0.15) is 0 Å². The van der Waals surface area contributed by atoms with E-state index in [1.807, 2.05) is 35.8 Å². The third-order valence-electron chi connectivity index (χ3n) is 3.92. The Morgan fingerprint density at radius 3 is 2.86 bits per heavy atom. The topological polar surface area (TPSA) is 34.9 Å². The van der Waals surface area contributed by atoms with Crippen LogP contribution in [-0.4, -0.2) is 15.3 Å². The number of benzene rings is 1. The van der Waals surface area contributed by atoms with Crippen molar-refractivity contribution in [2.45, 2.75) is 43.8 Å². The molecule has 0 bridgehead atoms. The highest BCUT2D eigenvalue weighted by Gasteiger charge is 2.22. The molecule has 1 saturated carbocycles. The van der Waals surface area contributed by atoms with Crippen molar-refractivity contribution < 1.29 is 0 Å². The van der Waals surface area contributed by atoms with Gasteiger partial charge in [0, 0.05) is 6.04 Å². The molecule has 0 unspecified atom stereocenters. The Morgan fingerprint density at radius 1 is 1.33 bits per heavy atom. The van der Waals surface area contributed by atoms with Gasteiger partial charge in [0.2, 0.25) is 0 Å². The van der Waals surface area contributed by atoms with Gasteiger partial charge in [-0.25, -0.2) is 4.98 Å². The lowest BCUT2D eigenvalue weighted by molar-refractivity contribution is 0.458. The van der Waals surface area contributed by atoms with Crippen LogP contribution >= 0.6 is 11.8 Å². The first kappa shape index (κ1) is 14.2. The summed E-state index contributed by atoms with van der Waals surface area (Å²) in [5.74, 6) is 6.61. The predicted octanol–water partition coefficient (Wildman–Crippen LogP) is 3.63. The first-order chi connectivity index (χ1) is 10.3. The minimum absolute atomic E-state index is 0.0967. The Kier molecular flexibility index (Phi) is 4.31. The lowest BCUT2D eigenvalue weighted by Crippen LogP contribution is -2.26. The lowest BCUT2D eigenvalue weighted by atomic mass is 10.2. The normalized spacial score (nSPS) is 15.1. The van der Waals surface area contributed by atoms with Crippen LogP contribution in [0.3, 0.4) is 0 Å². The lowest BCUT2D eigenvalue weighted by Gasteiger charge is -2.18. The van der Waals surface area contributed by atoms with Crippen LogP contribution in [0.4, 0.5) is 0 Å². The zero-order valence-corrected chi connectivity index (χ0v) is 12.9. The van der Waals surface area contributed by atoms with Gasteiger partial charge in [0.05, 0.1) is 16.7 Å². The first-order valence-electron chi connectivity index (χ1n) is 7.35. The maximum absolute atomic E-state index is 12.8. The van der Waals surface area contributed by atoms with Crippen molar-refractivity contribution in [2.24, 2.45) is 0 Å². The Balaban J connectivity index is 2.13. The number of nitrogens with zero attached hydrogens (tertiary/aromatic N) is 2. The van der Waals surface area contributed by atoms with Crippen LogP contribution < -0.4 is 5.56 Å². The van der Waals surface area contributed by atoms with Gasteiger partial charge in [-0.3, -0.25) is 9.36 Å². The summed E-state index contributed by atoms with van der Waals surface area (Å²) >= 11 is 1.57. The van der Waals surface area contributed by atoms with E-state index in [4.69, 9.17) is 4.98 Å². The molecule has 2 aromatic rings. The smallest absolute Gasteiger partial charge is 0.262 e. The fourth-order valence-electron chi connectivity index (χ4n) is 2.88. The Labute approximate surface area is 128 Å². The number of para-hydroxylation sites is 1. The summed E-state index contributed by atoms with van der Waals surface area (Å²) in [4.78, 5) is 17.6. The van der Waals surface area contributed by atoms with Crippen molar-refractivity contribution in [1.82, 2.24) is 9.55 Å². The zero-order chi connectivity index (χ0) is 14.7. The fraction of sp³-hybridized carbons (Fsp3) is 0.412. The highest BCUT2D eigenvalue weighted by Crippen LogP contribution is 2.31. The molecule has 21 heavy (non-hydrogen) atoms. The molecule has 3 nitrogen and oxygen atoms in total. The zero-order valence-electron chi connectivity index (χ0n) is 12.1. The average molecular weight is 298 g/mol. The summed E-state index contributed by atoms with van der Waals surface area (Å²) in [6, 6.07) is 7.91. The molecule has 1 heterocycles. The van der Waals surface area contributed by atoms with E-state index in [9.17, 15) is 4.79 Å². The Bertz CT molecular complexity index is 764. The predicted molar refractivity (Wildman–Crippen MR) is 87.7 cm³/mol. The van der Waals surface area contributed by atoms with Gasteiger partial charge in [0.1, 0.15) is 0 Å². The van der Waals surface area contributed by atoms with E-state index >= 15 is 0 Å². The molecule has 0 aliphatic heterocycles. The highest BCUT2D eigenvalue weighted by molar-refractivity contribution is 7.99. The molecule has 4 heteroatoms. The third kappa shape index (κ3) is 2.84. The summed E-state index contributed by atoms with van der Waals surface area (Å²) in [6.45, 7) is 1.83. The standard InChI is InChI=1S/C17H18N2OS/c1-2-3-12-21-17-18-15-11-7-6-10-14(15)16(20)19(17)13-8-4-5-9-13/h6-7,10-11,13H,4-5,8-9,12H2,1H3. The van der Waals surface area contributed by atoms with E-state index in [0.717, 1.165) is 28.9 Å². The summed E-state index contributed by atoms with van der Waals surface area (Å²) < 4.78 is 1.91. The van der Waals surface area contributed by atoms with Gasteiger partial charge >= 0.3 is 0 Å². The molecular weight excluding hydrogens is 280 g/mol. The van der Waals surface area contributed by atoms with Gasteiger partial charge in [-0.05, 0) is 31.9 Å². The second-order valence-electron chi connectivity index (χ2n) is 5.24. The van der Waals surface area contributed by atoms with Gasteiger partial charge in [0.25, 0.3) is 5.56 Å². The van der Waals surface area contributed by atoms with Crippen molar-refractivity contribution in [1.29, 1.82) is 0 Å². The van der Waals surface area contributed by atoms with E-state index in [0.29, 0.717) is 11.8 Å². The van der Waals surface area contributed by atoms with Crippen molar-refractivity contribution in [3.8, 4) is 11.8 Å². The minimum atomic E-state index is 0.0967. The number of hydrogen-bond acceptors (Lipinski definition) is 3. The van der Waals surface area contributed by atoms with Crippen molar-refractivity contribution in [3.63, 3.8) is 0 Å². The molecule has 1 aliphatic rings. The van der Waals surface area contributed by atoms with E-state index in [1.165, 1.54) is 12.8 Å². The minimum Gasteiger partial charge on any atom is -0.284 e. The maximum atomic E-state index is 12.8. The van der Waals surface area contributed by atoms with E-state index in [2.05, 4.69) is 11.8 Å². The summed E-state index contributed by atoms with van der Waals surface area (Å²) in [5, 5.41) is 1.53. The molecule has 0 spiro atoms. The monoisotopic (exact) mass is 298 g/mol. The number of hydrogen-bond donors (Lipinski definition) is 0. The van der Waals surface area contributed by atoms with Crippen LogP contribution in [-0.2, 0) is 0 Å². The molecule has 0 radical (unpaired) electrons. The Morgan fingerprint density at radius 2 is 2.10 bits per heavy atom. The summed E-state index contributed by atoms with van der Waals surface area (Å²) in [6.07, 6.45) is 4.55. The molecule has 0 amide bonds. The molecule has 1 aromatic carbocycles. The number of fused-ring (bicyclic) bond motifs is 1. The van der Waals surface area contributed by atoms with Crippen LogP contribution in [0.2, 0.25) is 0 Å². The van der Waals surface area contributed by atoms with Crippen LogP contribution in [0.15, 0.2) is 34.2 Å². The van der Waals surface area contributed by atoms with Gasteiger partial charge in [-0.1, -0.05) is 42.7 Å². The van der Waals surface area contributed by atoms with Crippen molar-refractivity contribution in [3.05, 3.63) is 34.6 Å². The van der Waals surface area contributed by atoms with Crippen molar-refractivity contribution in [2.75, 3.05) is 5.75 Å². The molecular formula is C17H18N2OS. The number of aromatic nitrogens is 2. The maximum Gasteiger partial charge on any atom is 0.262 e. The molecule has 1 aliphatic carbocycles. The Hall–Kier alpha value is -1.73. The highest BCUT2D eigenvalue weighted by atomic mass is 32.2. The van der Waals surface area contributed by atoms with E-state index < -0.39 is 0 Å². The van der Waals surface area contributed by atoms with Crippen LogP contribution in [0, 0.1) is 11.8 Å². The molecule has 108 valence electrons. The second kappa shape index (κ2) is 6.36. The molecule has 0 N–H and O–H groups in total. The second-order valence-corrected chi connectivity index (χ2v) is 6.18. The molecule has 1 fully saturated rings. The SMILES string of the molecule is CC#CCSc1nc2ccccc2c(=O)n1C1CCCC1. The largest absolute Gasteiger partial charge is 0.284 e. The van der Waals surface area contributed by atoms with Gasteiger partial charge in [-0.15, -0.1) is 5.92 Å². The van der Waals surface area contributed by atoms with Gasteiger partial charge in [0.15, 0.2) is 5.16 Å². The van der Waals surface area contributed by atoms with Crippen LogP contribution in [0.25, 0.3) is 10.9 Å². The summed E-state index contributed by atoms with van der Waals surface area (Å²) in [7, 11) is 0. The molecule has 0 atom stereocenters. The summed E-state index contributed by atoms with van der Waals surface area (Å²) in [5.41, 5.74) is 0.878. The van der Waals surface area contributed by atoms with Crippen LogP contribution in [0.1, 0.15) is 38.6 Å². The fourth-order valence-corrected chi connectivity index (χ4v) is 3.76. The van der Waals surface area contributed by atoms with Crippen molar-refractivity contribution >= 4 is 22.7 Å². The quantitative estimate of drug-likeness (QED) is 0.493. The number of rotatable bonds is 3. The molecule has 3 rings (SSSR count). The number of thioether (sulfide) groups is 1. The average Bonchev–Trinajstić information content (AvgIpc) is 3.02. The van der Waals surface area contributed by atoms with E-state index in [1.54, 1.807) is 11.8 Å².